The van der Waals surface area contributed by atoms with Crippen LogP contribution < -0.4 is 10.6 Å². The molecule has 0 aliphatic carbocycles. The summed E-state index contributed by atoms with van der Waals surface area (Å²) in [7, 11) is 1.23. The van der Waals surface area contributed by atoms with Crippen LogP contribution in [0.5, 0.6) is 0 Å². The summed E-state index contributed by atoms with van der Waals surface area (Å²) in [6.07, 6.45) is 2.48. The van der Waals surface area contributed by atoms with Crippen LogP contribution in [0.4, 0.5) is 10.5 Å². The van der Waals surface area contributed by atoms with Gasteiger partial charge in [-0.2, -0.15) is 0 Å². The van der Waals surface area contributed by atoms with E-state index in [2.05, 4.69) is 20.3 Å². The molecule has 1 aromatic rings. The second-order valence-electron chi connectivity index (χ2n) is 7.18. The van der Waals surface area contributed by atoms with Crippen molar-refractivity contribution < 1.29 is 23.9 Å². The minimum atomic E-state index is -0.705. The van der Waals surface area contributed by atoms with Gasteiger partial charge in [-0.1, -0.05) is 0 Å². The van der Waals surface area contributed by atoms with Crippen LogP contribution in [0.1, 0.15) is 38.2 Å². The Morgan fingerprint density at radius 3 is 2.43 bits per heavy atom. The Morgan fingerprint density at radius 1 is 1.17 bits per heavy atom. The van der Waals surface area contributed by atoms with Crippen LogP contribution in [-0.4, -0.2) is 62.1 Å². The lowest BCUT2D eigenvalue weighted by Crippen LogP contribution is -2.38. The van der Waals surface area contributed by atoms with E-state index in [1.54, 1.807) is 31.2 Å². The van der Waals surface area contributed by atoms with E-state index in [0.717, 1.165) is 32.4 Å². The van der Waals surface area contributed by atoms with Gasteiger partial charge in [0.25, 0.3) is 0 Å². The molecule has 1 fully saturated rings. The number of anilines is 1. The van der Waals surface area contributed by atoms with Crippen LogP contribution >= 0.6 is 0 Å². The van der Waals surface area contributed by atoms with Gasteiger partial charge in [-0.05, 0) is 69.5 Å². The molecule has 2 amide bonds. The van der Waals surface area contributed by atoms with Gasteiger partial charge < -0.3 is 14.8 Å². The molecule has 0 aromatic heterocycles. The van der Waals surface area contributed by atoms with Crippen molar-refractivity contribution in [2.75, 3.05) is 38.7 Å². The Labute approximate surface area is 176 Å². The van der Waals surface area contributed by atoms with Gasteiger partial charge in [0, 0.05) is 17.7 Å². The molecule has 1 heterocycles. The number of benzene rings is 1. The lowest BCUT2D eigenvalue weighted by Gasteiger charge is -2.31. The van der Waals surface area contributed by atoms with E-state index in [0.29, 0.717) is 36.7 Å². The molecule has 164 valence electrons. The summed E-state index contributed by atoms with van der Waals surface area (Å²) in [5, 5.41) is 12.9. The molecule has 1 aliphatic rings. The summed E-state index contributed by atoms with van der Waals surface area (Å²) in [4.78, 5) is 37.0. The number of hydrogen-bond donors (Lipinski definition) is 3. The molecule has 1 saturated heterocycles. The van der Waals surface area contributed by atoms with E-state index in [-0.39, 0.29) is 17.7 Å². The molecule has 0 radical (unpaired) electrons. The Balaban J connectivity index is 1.69. The van der Waals surface area contributed by atoms with Gasteiger partial charge in [0.2, 0.25) is 5.91 Å². The fraction of sp³-hybridized carbons (Fsp3) is 0.524. The fourth-order valence-electron chi connectivity index (χ4n) is 3.33. The van der Waals surface area contributed by atoms with Gasteiger partial charge in [-0.15, -0.1) is 0 Å². The Kier molecular flexibility index (Phi) is 9.27. The number of amidine groups is 1. The number of esters is 1. The third kappa shape index (κ3) is 7.82. The molecule has 9 nitrogen and oxygen atoms in total. The standard InChI is InChI=1S/C21H30N4O5/c1-3-30-19(27)14-25-12-10-15(11-13-25)4-9-18(26)23-17-7-5-16(6-8-17)20(22)24-21(28)29-2/h5-8,15H,3-4,9-14H2,1-2H3,(H,23,26)(H2,22,24,28). The molecule has 0 unspecified atom stereocenters. The van der Waals surface area contributed by atoms with Crippen LogP contribution in [0, 0.1) is 11.3 Å². The van der Waals surface area contributed by atoms with Gasteiger partial charge in [0.1, 0.15) is 5.84 Å². The largest absolute Gasteiger partial charge is 0.465 e. The number of likely N-dealkylation sites (tertiary alicyclic amines) is 1. The van der Waals surface area contributed by atoms with Crippen molar-refractivity contribution in [1.29, 1.82) is 5.41 Å². The predicted octanol–water partition coefficient (Wildman–Crippen LogP) is 2.36. The zero-order chi connectivity index (χ0) is 21.9. The van der Waals surface area contributed by atoms with E-state index in [1.807, 2.05) is 0 Å². The third-order valence-corrected chi connectivity index (χ3v) is 5.01. The van der Waals surface area contributed by atoms with Gasteiger partial charge >= 0.3 is 12.1 Å². The van der Waals surface area contributed by atoms with E-state index >= 15 is 0 Å². The van der Waals surface area contributed by atoms with Crippen molar-refractivity contribution in [1.82, 2.24) is 10.2 Å². The quantitative estimate of drug-likeness (QED) is 0.339. The highest BCUT2D eigenvalue weighted by Gasteiger charge is 2.21. The molecule has 30 heavy (non-hydrogen) atoms. The summed E-state index contributed by atoms with van der Waals surface area (Å²) in [6, 6.07) is 6.67. The normalized spacial score (nSPS) is 14.6. The van der Waals surface area contributed by atoms with Gasteiger partial charge in [-0.25, -0.2) is 4.79 Å². The molecular formula is C21H30N4O5. The molecule has 0 atom stereocenters. The van der Waals surface area contributed by atoms with Crippen molar-refractivity contribution in [2.45, 2.75) is 32.6 Å². The van der Waals surface area contributed by atoms with Crippen LogP contribution in [0.25, 0.3) is 0 Å². The predicted molar refractivity (Wildman–Crippen MR) is 112 cm³/mol. The molecule has 0 bridgehead atoms. The fourth-order valence-corrected chi connectivity index (χ4v) is 3.33. The number of ether oxygens (including phenoxy) is 2. The summed E-state index contributed by atoms with van der Waals surface area (Å²) in [6.45, 7) is 4.23. The SMILES string of the molecule is CCOC(=O)CN1CCC(CCC(=O)Nc2ccc(C(=N)NC(=O)OC)cc2)CC1. The molecule has 2 rings (SSSR count). The first-order valence-electron chi connectivity index (χ1n) is 10.1. The highest BCUT2D eigenvalue weighted by atomic mass is 16.5. The number of nitrogens with one attached hydrogen (secondary N) is 3. The smallest absolute Gasteiger partial charge is 0.412 e. The van der Waals surface area contributed by atoms with E-state index < -0.39 is 6.09 Å². The van der Waals surface area contributed by atoms with Crippen molar-refractivity contribution in [2.24, 2.45) is 5.92 Å². The number of methoxy groups -OCH3 is 1. The van der Waals surface area contributed by atoms with E-state index in [1.165, 1.54) is 7.11 Å². The number of hydrogen-bond acceptors (Lipinski definition) is 7. The Morgan fingerprint density at radius 2 is 1.83 bits per heavy atom. The molecule has 0 saturated carbocycles. The first-order valence-corrected chi connectivity index (χ1v) is 10.1. The molecule has 1 aromatic carbocycles. The maximum absolute atomic E-state index is 12.2. The lowest BCUT2D eigenvalue weighted by molar-refractivity contribution is -0.144. The van der Waals surface area contributed by atoms with Crippen molar-refractivity contribution >= 4 is 29.5 Å². The van der Waals surface area contributed by atoms with E-state index in [9.17, 15) is 14.4 Å². The first kappa shape index (κ1) is 23.3. The highest BCUT2D eigenvalue weighted by Crippen LogP contribution is 2.22. The molecular weight excluding hydrogens is 388 g/mol. The Hall–Kier alpha value is -2.94. The van der Waals surface area contributed by atoms with Crippen molar-refractivity contribution in [3.05, 3.63) is 29.8 Å². The topological polar surface area (TPSA) is 121 Å². The van der Waals surface area contributed by atoms with Gasteiger partial charge in [0.15, 0.2) is 0 Å². The van der Waals surface area contributed by atoms with Crippen LogP contribution in [-0.2, 0) is 19.1 Å². The molecule has 9 heteroatoms. The first-order chi connectivity index (χ1) is 14.4. The molecule has 1 aliphatic heterocycles. The van der Waals surface area contributed by atoms with Crippen LogP contribution in [0.2, 0.25) is 0 Å². The minimum absolute atomic E-state index is 0.0561. The zero-order valence-electron chi connectivity index (χ0n) is 17.5. The second kappa shape index (κ2) is 11.9. The number of piperidine rings is 1. The second-order valence-corrected chi connectivity index (χ2v) is 7.18. The average Bonchev–Trinajstić information content (AvgIpc) is 2.73. The maximum Gasteiger partial charge on any atom is 0.412 e. The number of carbonyl (C=O) groups is 3. The summed E-state index contributed by atoms with van der Waals surface area (Å²) in [5.41, 5.74) is 1.15. The maximum atomic E-state index is 12.2. The number of rotatable bonds is 8. The number of alkyl carbamates (subject to hydrolysis) is 1. The van der Waals surface area contributed by atoms with Crippen LogP contribution in [0.3, 0.4) is 0 Å². The van der Waals surface area contributed by atoms with Gasteiger partial charge in [0.05, 0.1) is 20.3 Å². The van der Waals surface area contributed by atoms with Crippen LogP contribution in [0.15, 0.2) is 24.3 Å². The zero-order valence-corrected chi connectivity index (χ0v) is 17.5. The average molecular weight is 418 g/mol. The summed E-state index contributed by atoms with van der Waals surface area (Å²) < 4.78 is 9.44. The summed E-state index contributed by atoms with van der Waals surface area (Å²) in [5.74, 6) is 0.160. The monoisotopic (exact) mass is 418 g/mol. The van der Waals surface area contributed by atoms with Crippen molar-refractivity contribution in [3.63, 3.8) is 0 Å². The highest BCUT2D eigenvalue weighted by molar-refractivity contribution is 6.04. The summed E-state index contributed by atoms with van der Waals surface area (Å²) >= 11 is 0. The Bertz CT molecular complexity index is 742. The van der Waals surface area contributed by atoms with E-state index in [4.69, 9.17) is 10.1 Å². The van der Waals surface area contributed by atoms with Crippen molar-refractivity contribution in [3.8, 4) is 0 Å². The number of carbonyl (C=O) groups excluding carboxylic acids is 3. The third-order valence-electron chi connectivity index (χ3n) is 5.01. The lowest BCUT2D eigenvalue weighted by atomic mass is 9.92. The number of nitrogens with zero attached hydrogens (tertiary/aromatic N) is 1. The minimum Gasteiger partial charge on any atom is -0.465 e. The number of amides is 2. The molecule has 3 N–H and O–H groups in total. The molecule has 0 spiro atoms. The van der Waals surface area contributed by atoms with Gasteiger partial charge in [-0.3, -0.25) is 25.2 Å².